The number of anilines is 2. The van der Waals surface area contributed by atoms with Gasteiger partial charge >= 0.3 is 6.03 Å². The quantitative estimate of drug-likeness (QED) is 0.777. The number of amides is 2. The lowest BCUT2D eigenvalue weighted by Crippen LogP contribution is -2.19. The highest BCUT2D eigenvalue weighted by Crippen LogP contribution is 2.10. The smallest absolute Gasteiger partial charge is 0.308 e. The number of rotatable bonds is 3. The first-order chi connectivity index (χ1) is 10.7. The molecule has 0 radical (unpaired) electrons. The van der Waals surface area contributed by atoms with Crippen LogP contribution in [0.25, 0.3) is 5.95 Å². The first-order valence-electron chi connectivity index (χ1n) is 6.35. The molecule has 2 amide bonds. The first kappa shape index (κ1) is 13.7. The predicted molar refractivity (Wildman–Crippen MR) is 78.2 cm³/mol. The number of imidazole rings is 1. The van der Waals surface area contributed by atoms with Gasteiger partial charge in [0.05, 0.1) is 18.1 Å². The topological polar surface area (TPSA) is 84.7 Å². The molecule has 8 heteroatoms. The van der Waals surface area contributed by atoms with Gasteiger partial charge in [0.25, 0.3) is 0 Å². The van der Waals surface area contributed by atoms with E-state index in [4.69, 9.17) is 0 Å². The standard InChI is InChI=1S/C14H11FN6O/c15-10-1-3-11(4-2-10)19-14(22)20-12-7-17-13(18-8-12)21-6-5-16-9-21/h1-9H,(H2,19,20,22). The van der Waals surface area contributed by atoms with Crippen LogP contribution in [-0.2, 0) is 0 Å². The Labute approximate surface area is 124 Å². The van der Waals surface area contributed by atoms with E-state index in [0.717, 1.165) is 0 Å². The second-order valence-electron chi connectivity index (χ2n) is 4.33. The number of nitrogens with one attached hydrogen (secondary N) is 2. The van der Waals surface area contributed by atoms with E-state index in [9.17, 15) is 9.18 Å². The van der Waals surface area contributed by atoms with E-state index in [0.29, 0.717) is 17.3 Å². The van der Waals surface area contributed by atoms with Crippen LogP contribution in [0.15, 0.2) is 55.4 Å². The fraction of sp³-hybridized carbons (Fsp3) is 0. The molecule has 0 aliphatic rings. The zero-order valence-corrected chi connectivity index (χ0v) is 11.3. The summed E-state index contributed by atoms with van der Waals surface area (Å²) in [4.78, 5) is 23.9. The van der Waals surface area contributed by atoms with E-state index in [1.165, 1.54) is 36.7 Å². The van der Waals surface area contributed by atoms with Crippen LogP contribution in [0.4, 0.5) is 20.6 Å². The Kier molecular flexibility index (Phi) is 3.73. The lowest BCUT2D eigenvalue weighted by atomic mass is 10.3. The highest BCUT2D eigenvalue weighted by molar-refractivity contribution is 5.99. The van der Waals surface area contributed by atoms with Crippen LogP contribution >= 0.6 is 0 Å². The van der Waals surface area contributed by atoms with Crippen molar-refractivity contribution in [2.45, 2.75) is 0 Å². The van der Waals surface area contributed by atoms with Crippen LogP contribution in [0.1, 0.15) is 0 Å². The van der Waals surface area contributed by atoms with Crippen LogP contribution in [0.2, 0.25) is 0 Å². The van der Waals surface area contributed by atoms with Crippen LogP contribution in [-0.4, -0.2) is 25.6 Å². The van der Waals surface area contributed by atoms with Gasteiger partial charge in [-0.1, -0.05) is 0 Å². The summed E-state index contributed by atoms with van der Waals surface area (Å²) in [5.41, 5.74) is 0.915. The third kappa shape index (κ3) is 3.23. The number of aromatic nitrogens is 4. The molecule has 22 heavy (non-hydrogen) atoms. The number of carbonyl (C=O) groups is 1. The largest absolute Gasteiger partial charge is 0.323 e. The van der Waals surface area contributed by atoms with Crippen molar-refractivity contribution < 1.29 is 9.18 Å². The Bertz CT molecular complexity index is 755. The average molecular weight is 298 g/mol. The molecule has 0 spiro atoms. The Hall–Kier alpha value is -3.29. The molecule has 1 aromatic carbocycles. The Morgan fingerprint density at radius 1 is 1.05 bits per heavy atom. The number of hydrogen-bond donors (Lipinski definition) is 2. The molecule has 0 fully saturated rings. The molecule has 0 bridgehead atoms. The third-order valence-electron chi connectivity index (χ3n) is 2.73. The molecule has 3 rings (SSSR count). The van der Waals surface area contributed by atoms with Crippen molar-refractivity contribution in [3.8, 4) is 5.95 Å². The Balaban J connectivity index is 1.63. The number of halogens is 1. The lowest BCUT2D eigenvalue weighted by molar-refractivity contribution is 0.262. The molecule has 0 aliphatic carbocycles. The van der Waals surface area contributed by atoms with Crippen molar-refractivity contribution in [1.29, 1.82) is 0 Å². The summed E-state index contributed by atoms with van der Waals surface area (Å²) in [6, 6.07) is 4.99. The Morgan fingerprint density at radius 2 is 1.73 bits per heavy atom. The Morgan fingerprint density at radius 3 is 2.36 bits per heavy atom. The summed E-state index contributed by atoms with van der Waals surface area (Å²) in [5.74, 6) is 0.0800. The molecule has 7 nitrogen and oxygen atoms in total. The summed E-state index contributed by atoms with van der Waals surface area (Å²) in [6.07, 6.45) is 7.86. The van der Waals surface area contributed by atoms with E-state index < -0.39 is 6.03 Å². The summed E-state index contributed by atoms with van der Waals surface area (Å²) in [7, 11) is 0. The van der Waals surface area contributed by atoms with Crippen molar-refractivity contribution in [2.75, 3.05) is 10.6 Å². The highest BCUT2D eigenvalue weighted by Gasteiger charge is 2.05. The van der Waals surface area contributed by atoms with E-state index in [1.807, 2.05) is 0 Å². The van der Waals surface area contributed by atoms with Gasteiger partial charge in [0.2, 0.25) is 5.95 Å². The number of urea groups is 1. The minimum atomic E-state index is -0.467. The maximum absolute atomic E-state index is 12.8. The van der Waals surface area contributed by atoms with Gasteiger partial charge in [-0.2, -0.15) is 0 Å². The number of carbonyl (C=O) groups excluding carboxylic acids is 1. The molecule has 0 saturated heterocycles. The summed E-state index contributed by atoms with van der Waals surface area (Å²) in [5, 5.41) is 5.16. The fourth-order valence-corrected chi connectivity index (χ4v) is 1.72. The molecule has 110 valence electrons. The summed E-state index contributed by atoms with van der Waals surface area (Å²) >= 11 is 0. The van der Waals surface area contributed by atoms with Gasteiger partial charge in [-0.15, -0.1) is 0 Å². The highest BCUT2D eigenvalue weighted by atomic mass is 19.1. The van der Waals surface area contributed by atoms with Crippen molar-refractivity contribution in [3.63, 3.8) is 0 Å². The molecule has 0 atom stereocenters. The molecule has 2 heterocycles. The van der Waals surface area contributed by atoms with Gasteiger partial charge < -0.3 is 10.6 Å². The van der Waals surface area contributed by atoms with Crippen molar-refractivity contribution in [3.05, 3.63) is 61.2 Å². The average Bonchev–Trinajstić information content (AvgIpc) is 3.05. The molecule has 2 N–H and O–H groups in total. The van der Waals surface area contributed by atoms with Crippen LogP contribution in [0.3, 0.4) is 0 Å². The van der Waals surface area contributed by atoms with Crippen LogP contribution < -0.4 is 10.6 Å². The molecule has 0 aliphatic heterocycles. The number of benzene rings is 1. The van der Waals surface area contributed by atoms with Gasteiger partial charge in [-0.05, 0) is 24.3 Å². The van der Waals surface area contributed by atoms with Crippen LogP contribution in [0, 0.1) is 5.82 Å². The molecule has 2 aromatic heterocycles. The monoisotopic (exact) mass is 298 g/mol. The third-order valence-corrected chi connectivity index (χ3v) is 2.73. The molecular weight excluding hydrogens is 287 g/mol. The van der Waals surface area contributed by atoms with Gasteiger partial charge in [0.15, 0.2) is 0 Å². The van der Waals surface area contributed by atoms with Crippen molar-refractivity contribution in [2.24, 2.45) is 0 Å². The summed E-state index contributed by atoms with van der Waals surface area (Å²) in [6.45, 7) is 0. The van der Waals surface area contributed by atoms with Gasteiger partial charge in [-0.3, -0.25) is 4.57 Å². The minimum Gasteiger partial charge on any atom is -0.308 e. The molecule has 0 unspecified atom stereocenters. The van der Waals surface area contributed by atoms with Gasteiger partial charge in [0.1, 0.15) is 12.1 Å². The van der Waals surface area contributed by atoms with Crippen molar-refractivity contribution >= 4 is 17.4 Å². The normalized spacial score (nSPS) is 10.2. The second-order valence-corrected chi connectivity index (χ2v) is 4.33. The SMILES string of the molecule is O=C(Nc1ccc(F)cc1)Nc1cnc(-n2ccnc2)nc1. The summed E-state index contributed by atoms with van der Waals surface area (Å²) < 4.78 is 14.4. The zero-order valence-electron chi connectivity index (χ0n) is 11.3. The zero-order chi connectivity index (χ0) is 15.4. The van der Waals surface area contributed by atoms with E-state index in [-0.39, 0.29) is 5.82 Å². The molecule has 0 saturated carbocycles. The number of hydrogen-bond acceptors (Lipinski definition) is 4. The molecule has 3 aromatic rings. The van der Waals surface area contributed by atoms with Crippen LogP contribution in [0.5, 0.6) is 0 Å². The first-order valence-corrected chi connectivity index (χ1v) is 6.35. The second kappa shape index (κ2) is 6.00. The lowest BCUT2D eigenvalue weighted by Gasteiger charge is -2.07. The fourth-order valence-electron chi connectivity index (χ4n) is 1.72. The number of nitrogens with zero attached hydrogens (tertiary/aromatic N) is 4. The molecular formula is C14H11FN6O. The van der Waals surface area contributed by atoms with E-state index in [1.54, 1.807) is 23.3 Å². The van der Waals surface area contributed by atoms with Crippen molar-refractivity contribution in [1.82, 2.24) is 19.5 Å². The van der Waals surface area contributed by atoms with Gasteiger partial charge in [-0.25, -0.2) is 24.1 Å². The van der Waals surface area contributed by atoms with Gasteiger partial charge in [0, 0.05) is 18.1 Å². The maximum atomic E-state index is 12.8. The van der Waals surface area contributed by atoms with E-state index in [2.05, 4.69) is 25.6 Å². The minimum absolute atomic E-state index is 0.366. The predicted octanol–water partition coefficient (Wildman–Crippen LogP) is 2.45. The van der Waals surface area contributed by atoms with E-state index >= 15 is 0 Å². The maximum Gasteiger partial charge on any atom is 0.323 e.